The smallest absolute Gasteiger partial charge is 0.159 e. The number of benzene rings is 8. The molecule has 0 atom stereocenters. The van der Waals surface area contributed by atoms with E-state index in [1.165, 1.54) is 49.7 Å². The highest BCUT2D eigenvalue weighted by Crippen LogP contribution is 2.60. The van der Waals surface area contributed by atoms with Crippen molar-refractivity contribution >= 4 is 60.9 Å². The molecule has 0 amide bonds. The Bertz CT molecular complexity index is 2910. The number of aryl methyl sites for hydroxylation is 2. The molecule has 0 unspecified atom stereocenters. The van der Waals surface area contributed by atoms with Crippen LogP contribution in [0.1, 0.15) is 45.9 Å². The van der Waals surface area contributed by atoms with Gasteiger partial charge >= 0.3 is 0 Å². The van der Waals surface area contributed by atoms with E-state index in [2.05, 4.69) is 207 Å². The van der Waals surface area contributed by atoms with Gasteiger partial charge in [-0.15, -0.1) is 0 Å². The van der Waals surface area contributed by atoms with Gasteiger partial charge in [0.2, 0.25) is 0 Å². The van der Waals surface area contributed by atoms with Crippen LogP contribution in [0.3, 0.4) is 0 Å². The summed E-state index contributed by atoms with van der Waals surface area (Å²) in [6, 6.07) is 66.3. The lowest BCUT2D eigenvalue weighted by Gasteiger charge is -2.37. The van der Waals surface area contributed by atoms with Crippen molar-refractivity contribution in [3.63, 3.8) is 0 Å². The van der Waals surface area contributed by atoms with Crippen molar-refractivity contribution in [2.75, 3.05) is 4.90 Å². The number of fused-ring (bicyclic) bond motifs is 6. The summed E-state index contributed by atoms with van der Waals surface area (Å²) >= 11 is 0. The molecule has 9 aromatic rings. The molecule has 8 aromatic carbocycles. The Hall–Kier alpha value is -6.90. The van der Waals surface area contributed by atoms with Gasteiger partial charge in [0.25, 0.3) is 0 Å². The summed E-state index contributed by atoms with van der Waals surface area (Å²) in [6.45, 7) is 8.84. The van der Waals surface area contributed by atoms with Crippen LogP contribution in [-0.2, 0) is 11.8 Å². The van der Waals surface area contributed by atoms with Crippen LogP contribution in [0.25, 0.3) is 43.9 Å². The van der Waals surface area contributed by atoms with Gasteiger partial charge < -0.3 is 9.32 Å². The van der Waals surface area contributed by atoms with Crippen LogP contribution < -0.4 is 4.90 Å². The second kappa shape index (κ2) is 13.4. The van der Waals surface area contributed by atoms with Crippen molar-refractivity contribution in [1.29, 1.82) is 0 Å². The lowest BCUT2D eigenvalue weighted by molar-refractivity contribution is 0.669. The summed E-state index contributed by atoms with van der Waals surface area (Å²) < 4.78 is 6.63. The molecule has 0 saturated carbocycles. The molecule has 56 heavy (non-hydrogen) atoms. The van der Waals surface area contributed by atoms with Crippen LogP contribution in [-0.4, -0.2) is 0 Å². The van der Waals surface area contributed by atoms with Gasteiger partial charge in [-0.05, 0) is 105 Å². The van der Waals surface area contributed by atoms with Gasteiger partial charge in [-0.2, -0.15) is 0 Å². The topological polar surface area (TPSA) is 16.4 Å². The fourth-order valence-electron chi connectivity index (χ4n) is 9.24. The van der Waals surface area contributed by atoms with Gasteiger partial charge in [0.1, 0.15) is 5.58 Å². The van der Waals surface area contributed by atoms with Crippen LogP contribution >= 0.6 is 0 Å². The largest absolute Gasteiger partial charge is 0.454 e. The van der Waals surface area contributed by atoms with Crippen LogP contribution in [0.2, 0.25) is 0 Å². The van der Waals surface area contributed by atoms with Crippen LogP contribution in [0, 0.1) is 6.92 Å². The number of rotatable bonds is 8. The Morgan fingerprint density at radius 3 is 1.93 bits per heavy atom. The van der Waals surface area contributed by atoms with Crippen molar-refractivity contribution in [3.8, 4) is 0 Å². The minimum atomic E-state index is -0.604. The fraction of sp³-hybridized carbons (Fsp3) is 0.0741. The first-order valence-corrected chi connectivity index (χ1v) is 19.5. The lowest BCUT2D eigenvalue weighted by atomic mass is 9.64. The number of para-hydroxylation sites is 2. The number of furan rings is 1. The third-order valence-electron chi connectivity index (χ3n) is 11.7. The van der Waals surface area contributed by atoms with Crippen LogP contribution in [0.4, 0.5) is 17.1 Å². The van der Waals surface area contributed by atoms with E-state index in [4.69, 9.17) is 4.42 Å². The summed E-state index contributed by atoms with van der Waals surface area (Å²) in [5.41, 5.74) is 15.3. The first kappa shape index (κ1) is 33.7. The average molecular weight is 720 g/mol. The minimum Gasteiger partial charge on any atom is -0.454 e. The average Bonchev–Trinajstić information content (AvgIpc) is 3.79. The number of allylic oxidation sites excluding steroid dienone is 3. The molecule has 0 aliphatic heterocycles. The maximum Gasteiger partial charge on any atom is 0.159 e. The molecule has 0 bridgehead atoms. The quantitative estimate of drug-likeness (QED) is 0.155. The van der Waals surface area contributed by atoms with Crippen molar-refractivity contribution in [2.45, 2.75) is 25.7 Å². The van der Waals surface area contributed by atoms with Crippen molar-refractivity contribution < 1.29 is 4.42 Å². The van der Waals surface area contributed by atoms with E-state index < -0.39 is 5.41 Å². The number of anilines is 3. The fourth-order valence-corrected chi connectivity index (χ4v) is 9.24. The van der Waals surface area contributed by atoms with E-state index >= 15 is 0 Å². The van der Waals surface area contributed by atoms with Gasteiger partial charge in [-0.25, -0.2) is 0 Å². The van der Waals surface area contributed by atoms with E-state index in [1.807, 2.05) is 6.07 Å². The normalized spacial score (nSPS) is 13.4. The molecule has 1 aliphatic carbocycles. The standard InChI is InChI=1S/C54H41NO/c1-4-37-24-29-42(30-25-37)55(49-21-14-20-48-46-19-12-13-22-50(46)56-53(48)49)43-31-26-38(27-32-43)51-44(5-2)47-34-28-39-35-36(3)23-33-45(39)52(47)54(51,40-15-8-6-9-16-40)41-17-10-7-11-18-41/h5-35H,2,4H2,1,3H3. The Kier molecular flexibility index (Phi) is 8.08. The van der Waals surface area contributed by atoms with E-state index in [0.717, 1.165) is 56.6 Å². The Balaban J connectivity index is 1.22. The summed E-state index contributed by atoms with van der Waals surface area (Å²) in [5, 5.41) is 4.72. The van der Waals surface area contributed by atoms with Crippen LogP contribution in [0.5, 0.6) is 0 Å². The highest BCUT2D eigenvalue weighted by molar-refractivity contribution is 6.14. The maximum absolute atomic E-state index is 6.63. The zero-order chi connectivity index (χ0) is 37.8. The van der Waals surface area contributed by atoms with Gasteiger partial charge in [0.05, 0.1) is 11.1 Å². The molecule has 0 spiro atoms. The number of nitrogens with zero attached hydrogens (tertiary/aromatic N) is 1. The lowest BCUT2D eigenvalue weighted by Crippen LogP contribution is -2.29. The highest BCUT2D eigenvalue weighted by atomic mass is 16.3. The summed E-state index contributed by atoms with van der Waals surface area (Å²) in [7, 11) is 0. The summed E-state index contributed by atoms with van der Waals surface area (Å²) in [4.78, 5) is 2.33. The zero-order valence-corrected chi connectivity index (χ0v) is 31.7. The van der Waals surface area contributed by atoms with E-state index in [-0.39, 0.29) is 0 Å². The Morgan fingerprint density at radius 1 is 0.607 bits per heavy atom. The zero-order valence-electron chi connectivity index (χ0n) is 31.7. The predicted octanol–water partition coefficient (Wildman–Crippen LogP) is 14.5. The van der Waals surface area contributed by atoms with Gasteiger partial charge in [0.15, 0.2) is 5.58 Å². The Labute approximate surface area is 328 Å². The summed E-state index contributed by atoms with van der Waals surface area (Å²) in [5.74, 6) is 0. The molecule has 2 heteroatoms. The molecule has 1 aliphatic rings. The van der Waals surface area contributed by atoms with Crippen molar-refractivity contribution in [2.24, 2.45) is 0 Å². The summed E-state index contributed by atoms with van der Waals surface area (Å²) in [6.07, 6.45) is 3.05. The molecule has 1 aromatic heterocycles. The molecule has 1 heterocycles. The predicted molar refractivity (Wildman–Crippen MR) is 236 cm³/mol. The molecule has 2 nitrogen and oxygen atoms in total. The molecule has 0 radical (unpaired) electrons. The van der Waals surface area contributed by atoms with Crippen molar-refractivity contribution in [3.05, 3.63) is 234 Å². The number of hydrogen-bond donors (Lipinski definition) is 0. The first-order chi connectivity index (χ1) is 27.6. The van der Waals surface area contributed by atoms with Gasteiger partial charge in [-0.1, -0.05) is 171 Å². The van der Waals surface area contributed by atoms with Crippen LogP contribution in [0.15, 0.2) is 199 Å². The van der Waals surface area contributed by atoms with Crippen molar-refractivity contribution in [1.82, 2.24) is 0 Å². The van der Waals surface area contributed by atoms with Gasteiger partial charge in [-0.3, -0.25) is 0 Å². The SMILES string of the molecule is C=CC1=C(c2ccc(N(c3ccc(CC)cc3)c3cccc4c3oc3ccccc34)cc2)C(c2ccccc2)(c2ccccc2)c2c1ccc1cc(C)ccc21. The maximum atomic E-state index is 6.63. The van der Waals surface area contributed by atoms with E-state index in [9.17, 15) is 0 Å². The molecule has 0 N–H and O–H groups in total. The molecule has 268 valence electrons. The molecular weight excluding hydrogens is 679 g/mol. The molecule has 10 rings (SSSR count). The third-order valence-corrected chi connectivity index (χ3v) is 11.7. The molecule has 0 saturated heterocycles. The van der Waals surface area contributed by atoms with Gasteiger partial charge in [0, 0.05) is 22.1 Å². The molecule has 0 fully saturated rings. The third kappa shape index (κ3) is 5.10. The molecular formula is C54H41NO. The second-order valence-electron chi connectivity index (χ2n) is 14.8. The van der Waals surface area contributed by atoms with E-state index in [0.29, 0.717) is 0 Å². The second-order valence-corrected chi connectivity index (χ2v) is 14.8. The number of hydrogen-bond acceptors (Lipinski definition) is 2. The minimum absolute atomic E-state index is 0.604. The monoisotopic (exact) mass is 719 g/mol. The Morgan fingerprint density at radius 2 is 1.25 bits per heavy atom. The first-order valence-electron chi connectivity index (χ1n) is 19.5. The highest BCUT2D eigenvalue weighted by Gasteiger charge is 2.48. The van der Waals surface area contributed by atoms with E-state index in [1.54, 1.807) is 0 Å².